The lowest BCUT2D eigenvalue weighted by Crippen LogP contribution is -2.25. The first-order valence-corrected chi connectivity index (χ1v) is 9.03. The second-order valence-electron chi connectivity index (χ2n) is 5.42. The number of likely N-dealkylation sites (N-methyl/N-ethyl adjacent to an activating group) is 1. The van der Waals surface area contributed by atoms with Crippen LogP contribution in [0.1, 0.15) is 25.3 Å². The van der Waals surface area contributed by atoms with E-state index >= 15 is 0 Å². The normalized spacial score (nSPS) is 11.8. The van der Waals surface area contributed by atoms with Crippen molar-refractivity contribution in [3.63, 3.8) is 0 Å². The highest BCUT2D eigenvalue weighted by molar-refractivity contribution is 7.89. The predicted molar refractivity (Wildman–Crippen MR) is 89.0 cm³/mol. The van der Waals surface area contributed by atoms with Crippen LogP contribution in [-0.2, 0) is 16.6 Å². The highest BCUT2D eigenvalue weighted by atomic mass is 32.2. The SMILES string of the molecule is CCCCS(=O)(=O)NCc1ccc(NCCN(C)C)cc1. The van der Waals surface area contributed by atoms with Crippen LogP contribution in [-0.4, -0.2) is 46.3 Å². The third kappa shape index (κ3) is 8.04. The topological polar surface area (TPSA) is 61.4 Å². The van der Waals surface area contributed by atoms with Crippen molar-refractivity contribution < 1.29 is 8.42 Å². The predicted octanol–water partition coefficient (Wildman–Crippen LogP) is 1.88. The molecular weight excluding hydrogens is 286 g/mol. The van der Waals surface area contributed by atoms with Crippen LogP contribution in [0, 0.1) is 0 Å². The highest BCUT2D eigenvalue weighted by Crippen LogP contribution is 2.09. The number of rotatable bonds is 10. The third-order valence-electron chi connectivity index (χ3n) is 3.10. The Morgan fingerprint density at radius 2 is 1.81 bits per heavy atom. The Morgan fingerprint density at radius 1 is 1.14 bits per heavy atom. The summed E-state index contributed by atoms with van der Waals surface area (Å²) in [6.45, 7) is 4.19. The van der Waals surface area contributed by atoms with E-state index in [4.69, 9.17) is 0 Å². The van der Waals surface area contributed by atoms with Crippen LogP contribution in [0.3, 0.4) is 0 Å². The summed E-state index contributed by atoms with van der Waals surface area (Å²) in [5, 5.41) is 3.32. The standard InChI is InChI=1S/C15H27N3O2S/c1-4-5-12-21(19,20)17-13-14-6-8-15(9-7-14)16-10-11-18(2)3/h6-9,16-17H,4-5,10-13H2,1-3H3. The Bertz CT molecular complexity index is 498. The summed E-state index contributed by atoms with van der Waals surface area (Å²) >= 11 is 0. The fourth-order valence-corrected chi connectivity index (χ4v) is 2.96. The minimum Gasteiger partial charge on any atom is -0.384 e. The Kier molecular flexibility index (Phi) is 7.71. The van der Waals surface area contributed by atoms with E-state index in [9.17, 15) is 8.42 Å². The van der Waals surface area contributed by atoms with Crippen molar-refractivity contribution in [3.8, 4) is 0 Å². The van der Waals surface area contributed by atoms with Crippen molar-refractivity contribution >= 4 is 15.7 Å². The van der Waals surface area contributed by atoms with Crippen LogP contribution in [0.15, 0.2) is 24.3 Å². The zero-order valence-corrected chi connectivity index (χ0v) is 14.0. The summed E-state index contributed by atoms with van der Waals surface area (Å²) in [6, 6.07) is 7.84. The van der Waals surface area contributed by atoms with E-state index < -0.39 is 10.0 Å². The average Bonchev–Trinajstić information content (AvgIpc) is 2.44. The number of unbranched alkanes of at least 4 members (excludes halogenated alkanes) is 1. The molecule has 120 valence electrons. The second kappa shape index (κ2) is 9.02. The van der Waals surface area contributed by atoms with Gasteiger partial charge < -0.3 is 10.2 Å². The number of hydrogen-bond acceptors (Lipinski definition) is 4. The van der Waals surface area contributed by atoms with Crippen molar-refractivity contribution in [2.75, 3.05) is 38.3 Å². The van der Waals surface area contributed by atoms with Crippen LogP contribution >= 0.6 is 0 Å². The van der Waals surface area contributed by atoms with E-state index in [0.29, 0.717) is 13.0 Å². The van der Waals surface area contributed by atoms with Crippen molar-refractivity contribution in [2.45, 2.75) is 26.3 Å². The molecule has 0 atom stereocenters. The number of anilines is 1. The molecule has 0 heterocycles. The van der Waals surface area contributed by atoms with Gasteiger partial charge in [-0.05, 0) is 38.2 Å². The molecular formula is C15H27N3O2S. The van der Waals surface area contributed by atoms with Crippen molar-refractivity contribution in [3.05, 3.63) is 29.8 Å². The molecule has 0 aliphatic rings. The van der Waals surface area contributed by atoms with Gasteiger partial charge in [-0.2, -0.15) is 0 Å². The largest absolute Gasteiger partial charge is 0.384 e. The number of hydrogen-bond donors (Lipinski definition) is 2. The molecule has 0 spiro atoms. The van der Waals surface area contributed by atoms with Gasteiger partial charge in [-0.15, -0.1) is 0 Å². The molecule has 1 aromatic carbocycles. The van der Waals surface area contributed by atoms with E-state index in [1.807, 2.05) is 45.3 Å². The van der Waals surface area contributed by atoms with E-state index in [0.717, 1.165) is 30.8 Å². The van der Waals surface area contributed by atoms with Gasteiger partial charge in [0.05, 0.1) is 5.75 Å². The Balaban J connectivity index is 2.40. The molecule has 0 aliphatic carbocycles. The van der Waals surface area contributed by atoms with Crippen LogP contribution in [0.2, 0.25) is 0 Å². The van der Waals surface area contributed by atoms with E-state index in [2.05, 4.69) is 14.9 Å². The zero-order valence-electron chi connectivity index (χ0n) is 13.2. The van der Waals surface area contributed by atoms with Gasteiger partial charge in [0.2, 0.25) is 10.0 Å². The summed E-state index contributed by atoms with van der Waals surface area (Å²) in [4.78, 5) is 2.12. The van der Waals surface area contributed by atoms with Crippen LogP contribution in [0.5, 0.6) is 0 Å². The molecule has 1 aromatic rings. The fourth-order valence-electron chi connectivity index (χ4n) is 1.76. The molecule has 0 radical (unpaired) electrons. The second-order valence-corrected chi connectivity index (χ2v) is 7.35. The first-order chi connectivity index (χ1) is 9.93. The lowest BCUT2D eigenvalue weighted by atomic mass is 10.2. The van der Waals surface area contributed by atoms with Gasteiger partial charge in [0.15, 0.2) is 0 Å². The maximum atomic E-state index is 11.7. The van der Waals surface area contributed by atoms with Gasteiger partial charge >= 0.3 is 0 Å². The van der Waals surface area contributed by atoms with Gasteiger partial charge in [0.25, 0.3) is 0 Å². The van der Waals surface area contributed by atoms with E-state index in [1.165, 1.54) is 0 Å². The van der Waals surface area contributed by atoms with Crippen LogP contribution < -0.4 is 10.0 Å². The van der Waals surface area contributed by atoms with Gasteiger partial charge in [-0.25, -0.2) is 13.1 Å². The first-order valence-electron chi connectivity index (χ1n) is 7.38. The molecule has 1 rings (SSSR count). The minimum absolute atomic E-state index is 0.202. The molecule has 0 aromatic heterocycles. The first kappa shape index (κ1) is 17.9. The monoisotopic (exact) mass is 313 g/mol. The van der Waals surface area contributed by atoms with Crippen molar-refractivity contribution in [1.82, 2.24) is 9.62 Å². The summed E-state index contributed by atoms with van der Waals surface area (Å²) in [5.41, 5.74) is 2.02. The lowest BCUT2D eigenvalue weighted by molar-refractivity contribution is 0.425. The molecule has 0 saturated carbocycles. The average molecular weight is 313 g/mol. The quantitative estimate of drug-likeness (QED) is 0.692. The highest BCUT2D eigenvalue weighted by Gasteiger charge is 2.08. The van der Waals surface area contributed by atoms with Crippen molar-refractivity contribution in [2.24, 2.45) is 0 Å². The van der Waals surface area contributed by atoms with E-state index in [1.54, 1.807) is 0 Å². The summed E-state index contributed by atoms with van der Waals surface area (Å²) in [5.74, 6) is 0.202. The maximum Gasteiger partial charge on any atom is 0.211 e. The molecule has 0 fully saturated rings. The van der Waals surface area contributed by atoms with Crippen molar-refractivity contribution in [1.29, 1.82) is 0 Å². The molecule has 5 nitrogen and oxygen atoms in total. The molecule has 0 unspecified atom stereocenters. The summed E-state index contributed by atoms with van der Waals surface area (Å²) in [7, 11) is 0.927. The molecule has 6 heteroatoms. The smallest absolute Gasteiger partial charge is 0.211 e. The lowest BCUT2D eigenvalue weighted by Gasteiger charge is -2.12. The minimum atomic E-state index is -3.15. The van der Waals surface area contributed by atoms with E-state index in [-0.39, 0.29) is 5.75 Å². The molecule has 2 N–H and O–H groups in total. The molecule has 0 amide bonds. The number of sulfonamides is 1. The van der Waals surface area contributed by atoms with Gasteiger partial charge in [-0.3, -0.25) is 0 Å². The summed E-state index contributed by atoms with van der Waals surface area (Å²) in [6.07, 6.45) is 1.58. The number of benzene rings is 1. The Morgan fingerprint density at radius 3 is 2.38 bits per heavy atom. The van der Waals surface area contributed by atoms with Crippen LogP contribution in [0.4, 0.5) is 5.69 Å². The molecule has 21 heavy (non-hydrogen) atoms. The fraction of sp³-hybridized carbons (Fsp3) is 0.600. The maximum absolute atomic E-state index is 11.7. The Hall–Kier alpha value is -1.11. The molecule has 0 aliphatic heterocycles. The van der Waals surface area contributed by atoms with Gasteiger partial charge in [0.1, 0.15) is 0 Å². The zero-order chi connectivity index (χ0) is 15.7. The number of nitrogens with zero attached hydrogens (tertiary/aromatic N) is 1. The third-order valence-corrected chi connectivity index (χ3v) is 4.52. The summed E-state index contributed by atoms with van der Waals surface area (Å²) < 4.78 is 26.0. The number of nitrogens with one attached hydrogen (secondary N) is 2. The van der Waals surface area contributed by atoms with Gasteiger partial charge in [-0.1, -0.05) is 25.5 Å². The van der Waals surface area contributed by atoms with Crippen LogP contribution in [0.25, 0.3) is 0 Å². The Labute approximate surface area is 128 Å². The molecule has 0 bridgehead atoms. The molecule has 0 saturated heterocycles. The van der Waals surface area contributed by atoms with Gasteiger partial charge in [0, 0.05) is 25.3 Å².